The van der Waals surface area contributed by atoms with Crippen molar-refractivity contribution >= 4 is 52.1 Å². The Bertz CT molecular complexity index is 3400. The van der Waals surface area contributed by atoms with Crippen LogP contribution in [0.2, 0.25) is 0 Å². The van der Waals surface area contributed by atoms with Crippen LogP contribution in [0, 0.1) is 13.8 Å². The summed E-state index contributed by atoms with van der Waals surface area (Å²) in [4.78, 5) is 70.3. The number of anilines is 2. The highest BCUT2D eigenvalue weighted by Gasteiger charge is 2.37. The zero-order valence-corrected chi connectivity index (χ0v) is 57.5. The Balaban J connectivity index is 0.976. The molecule has 1 fully saturated rings. The van der Waals surface area contributed by atoms with Gasteiger partial charge in [0.1, 0.15) is 35.2 Å². The van der Waals surface area contributed by atoms with Gasteiger partial charge in [0, 0.05) is 96.5 Å². The molecule has 1 saturated heterocycles. The third-order valence-electron chi connectivity index (χ3n) is 15.4. The van der Waals surface area contributed by atoms with Gasteiger partial charge in [0.15, 0.2) is 6.29 Å². The lowest BCUT2D eigenvalue weighted by Gasteiger charge is -2.36. The average Bonchev–Trinajstić information content (AvgIpc) is 0.739. The molecule has 28 heteroatoms. The molecule has 0 radical (unpaired) electrons. The number of ether oxygens (including phenoxy) is 9. The first kappa shape index (κ1) is 79.1. The van der Waals surface area contributed by atoms with Crippen molar-refractivity contribution in [3.63, 3.8) is 0 Å². The SMILES string of the molecule is CCN=c1cc2oc3cc(NCC)c(C)cc3c(-c3cc(C(=O)NC/C(N)=C/N(N)[C@H](CCCCNC(=O)CCOCCOCCOCCOCCOCCOCCNC(=O)OC(C)(C)C)C(=O)Nc4ccc(CCOC5CC(O)[C@@H](O)C(CO)O5)cc4)ccc3C(=O)O)c-2cc1C. The highest BCUT2D eigenvalue weighted by Crippen LogP contribution is 2.43. The number of aryl methyl sites for hydroxylation is 2. The highest BCUT2D eigenvalue weighted by molar-refractivity contribution is 6.10. The van der Waals surface area contributed by atoms with Crippen molar-refractivity contribution in [1.82, 2.24) is 21.0 Å². The second kappa shape index (κ2) is 41.5. The van der Waals surface area contributed by atoms with Gasteiger partial charge in [-0.3, -0.25) is 19.4 Å². The molecule has 98 heavy (non-hydrogen) atoms. The number of aliphatic hydroxyl groups excluding tert-OH is 3. The number of carboxylic acids is 1. The van der Waals surface area contributed by atoms with E-state index in [1.54, 1.807) is 39.0 Å². The minimum atomic E-state index is -1.22. The maximum atomic E-state index is 14.2. The first-order valence-corrected chi connectivity index (χ1v) is 33.3. The molecule has 0 bridgehead atoms. The van der Waals surface area contributed by atoms with Gasteiger partial charge in [-0.25, -0.2) is 15.4 Å². The maximum Gasteiger partial charge on any atom is 0.407 e. The van der Waals surface area contributed by atoms with E-state index in [0.717, 1.165) is 27.7 Å². The first-order valence-electron chi connectivity index (χ1n) is 33.3. The number of unbranched alkanes of at least 4 members (excludes halogenated alkanes) is 1. The van der Waals surface area contributed by atoms with Crippen LogP contribution in [0.1, 0.15) is 104 Å². The summed E-state index contributed by atoms with van der Waals surface area (Å²) >= 11 is 0. The molecule has 0 aromatic heterocycles. The zero-order valence-electron chi connectivity index (χ0n) is 57.5. The fourth-order valence-corrected chi connectivity index (χ4v) is 10.5. The number of hydrazine groups is 1. The number of carbonyl (C=O) groups is 5. The van der Waals surface area contributed by atoms with Crippen molar-refractivity contribution in [1.29, 1.82) is 0 Å². The first-order chi connectivity index (χ1) is 47.1. The predicted octanol–water partition coefficient (Wildman–Crippen LogP) is 5.27. The second-order valence-electron chi connectivity index (χ2n) is 24.3. The summed E-state index contributed by atoms with van der Waals surface area (Å²) in [5.41, 5.74) is 12.1. The number of alkyl carbamates (subject to hydrolysis) is 1. The summed E-state index contributed by atoms with van der Waals surface area (Å²) in [5.74, 6) is 4.69. The van der Waals surface area contributed by atoms with Gasteiger partial charge in [0.25, 0.3) is 5.91 Å². The molecular weight excluding hydrogens is 1270 g/mol. The van der Waals surface area contributed by atoms with Crippen LogP contribution in [-0.2, 0) is 58.6 Å². The molecule has 13 N–H and O–H groups in total. The van der Waals surface area contributed by atoms with E-state index >= 15 is 0 Å². The molecule has 2 heterocycles. The third kappa shape index (κ3) is 26.4. The largest absolute Gasteiger partial charge is 0.478 e. The van der Waals surface area contributed by atoms with Gasteiger partial charge in [-0.15, -0.1) is 0 Å². The number of nitrogens with one attached hydrogen (secondary N) is 5. The number of aliphatic hydroxyl groups is 3. The number of carbonyl (C=O) groups excluding carboxylic acids is 4. The molecule has 3 aromatic carbocycles. The molecular formula is C70H101N9O19. The molecule has 0 saturated carbocycles. The predicted molar refractivity (Wildman–Crippen MR) is 367 cm³/mol. The van der Waals surface area contributed by atoms with E-state index in [2.05, 4.69) is 31.6 Å². The number of hydrogen-bond donors (Lipinski definition) is 11. The fraction of sp³-hybridized carbons (Fsp3) is 0.543. The second-order valence-corrected chi connectivity index (χ2v) is 24.3. The van der Waals surface area contributed by atoms with Gasteiger partial charge in [-0.05, 0) is 139 Å². The molecule has 0 spiro atoms. The quantitative estimate of drug-likeness (QED) is 0.0102. The number of nitrogens with two attached hydrogens (primary N) is 2. The number of carboxylic acid groups (broad SMARTS) is 1. The lowest BCUT2D eigenvalue weighted by atomic mass is 9.88. The molecule has 1 aliphatic carbocycles. The number of benzene rings is 4. The monoisotopic (exact) mass is 1370 g/mol. The summed E-state index contributed by atoms with van der Waals surface area (Å²) in [6.45, 7) is 18.8. The van der Waals surface area contributed by atoms with Crippen molar-refractivity contribution in [2.75, 3.05) is 136 Å². The lowest BCUT2D eigenvalue weighted by Crippen LogP contribution is -2.50. The highest BCUT2D eigenvalue weighted by atomic mass is 16.7. The minimum absolute atomic E-state index is 0.0332. The number of nitrogens with zero attached hydrogens (tertiary/aromatic N) is 2. The molecule has 540 valence electrons. The number of fused-ring (bicyclic) bond motifs is 2. The van der Waals surface area contributed by atoms with E-state index in [9.17, 15) is 44.4 Å². The van der Waals surface area contributed by atoms with E-state index in [1.807, 2.05) is 64.1 Å². The Kier molecular flexibility index (Phi) is 33.5. The van der Waals surface area contributed by atoms with Gasteiger partial charge >= 0.3 is 12.1 Å². The molecule has 6 rings (SSSR count). The topological polar surface area (TPSA) is 390 Å². The maximum absolute atomic E-state index is 14.2. The summed E-state index contributed by atoms with van der Waals surface area (Å²) < 4.78 is 56.2. The zero-order chi connectivity index (χ0) is 71.0. The Morgan fingerprint density at radius 3 is 2.04 bits per heavy atom. The van der Waals surface area contributed by atoms with Gasteiger partial charge in [0.2, 0.25) is 11.8 Å². The molecule has 28 nitrogen and oxygen atoms in total. The van der Waals surface area contributed by atoms with Gasteiger partial charge in [-0.2, -0.15) is 0 Å². The third-order valence-corrected chi connectivity index (χ3v) is 15.4. The average molecular weight is 1370 g/mol. The summed E-state index contributed by atoms with van der Waals surface area (Å²) in [5, 5.41) is 57.6. The molecule has 3 aromatic rings. The van der Waals surface area contributed by atoms with Gasteiger partial charge < -0.3 is 105 Å². The lowest BCUT2D eigenvalue weighted by molar-refractivity contribution is -0.256. The Hall–Kier alpha value is -7.84. The van der Waals surface area contributed by atoms with Crippen LogP contribution in [0.25, 0.3) is 33.4 Å². The van der Waals surface area contributed by atoms with Crippen LogP contribution in [0.5, 0.6) is 0 Å². The van der Waals surface area contributed by atoms with E-state index in [1.165, 1.54) is 23.3 Å². The Morgan fingerprint density at radius 2 is 1.42 bits per heavy atom. The Labute approximate surface area is 572 Å². The number of amides is 4. The standard InChI is InChI=1S/C70H101N9O19/c1-8-73-55-39-59-53(36-45(55)3)64(54-37-46(4)56(74-9-2)40-60(54)96-59)52-38-48(15-18-51(52)68(86)87)66(84)77-42-49(71)43-79(72)57(67(85)78-50-16-13-47(14-17-50)19-24-95-63-41-58(81)65(83)61(44-80)97-63)12-10-11-21-75-62(82)20-23-89-26-28-91-30-32-93-34-35-94-33-31-92-29-27-90-25-22-76-69(88)98-70(5,6)7/h13-18,36-40,43,57-58,61,63,65,73,80-81,83H,8-12,19-35,41-42,44,71-72H2,1-7H3,(H,75,82)(H,76,88)(H,77,84)(H,78,85)(H,86,87)/b49-43-,74-56?/t57-,58?,61?,63?,65-/m1/s1. The van der Waals surface area contributed by atoms with Crippen LogP contribution in [-0.4, -0.2) is 217 Å². The van der Waals surface area contributed by atoms with Crippen molar-refractivity contribution in [2.24, 2.45) is 16.6 Å². The van der Waals surface area contributed by atoms with Crippen LogP contribution in [0.3, 0.4) is 0 Å². The number of hydrogen-bond acceptors (Lipinski definition) is 23. The summed E-state index contributed by atoms with van der Waals surface area (Å²) in [6, 6.07) is 18.0. The molecule has 5 atom stereocenters. The van der Waals surface area contributed by atoms with Crippen LogP contribution < -0.4 is 43.5 Å². The van der Waals surface area contributed by atoms with Crippen molar-refractivity contribution < 1.29 is 91.4 Å². The normalized spacial score (nSPS) is 16.2. The minimum Gasteiger partial charge on any atom is -0.478 e. The smallest absolute Gasteiger partial charge is 0.407 e. The van der Waals surface area contributed by atoms with Gasteiger partial charge in [0.05, 0.1) is 116 Å². The van der Waals surface area contributed by atoms with E-state index in [0.29, 0.717) is 151 Å². The summed E-state index contributed by atoms with van der Waals surface area (Å²) in [6.07, 6.45) is -1.44. The van der Waals surface area contributed by atoms with E-state index in [-0.39, 0.29) is 68.4 Å². The number of rotatable bonds is 43. The van der Waals surface area contributed by atoms with Crippen molar-refractivity contribution in [3.8, 4) is 22.5 Å². The van der Waals surface area contributed by atoms with Crippen molar-refractivity contribution in [3.05, 3.63) is 112 Å². The number of aromatic carboxylic acids is 1. The summed E-state index contributed by atoms with van der Waals surface area (Å²) in [7, 11) is 0. The molecule has 4 amide bonds. The Morgan fingerprint density at radius 1 is 0.765 bits per heavy atom. The fourth-order valence-electron chi connectivity index (χ4n) is 10.5. The van der Waals surface area contributed by atoms with E-state index in [4.69, 9.17) is 58.6 Å². The van der Waals surface area contributed by atoms with Crippen LogP contribution >= 0.6 is 0 Å². The van der Waals surface area contributed by atoms with Crippen molar-refractivity contribution in [2.45, 2.75) is 123 Å². The molecule has 3 aliphatic rings. The van der Waals surface area contributed by atoms with Gasteiger partial charge in [-0.1, -0.05) is 12.1 Å². The van der Waals surface area contributed by atoms with Crippen LogP contribution in [0.15, 0.2) is 88.0 Å². The van der Waals surface area contributed by atoms with E-state index < -0.39 is 66.7 Å². The van der Waals surface area contributed by atoms with Crippen LogP contribution in [0.4, 0.5) is 16.2 Å². The molecule has 3 unspecified atom stereocenters. The molecule has 2 aliphatic heterocycles.